The summed E-state index contributed by atoms with van der Waals surface area (Å²) in [6.07, 6.45) is 10.8. The molecule has 8 atom stereocenters. The van der Waals surface area contributed by atoms with E-state index in [0.29, 0.717) is 5.54 Å². The summed E-state index contributed by atoms with van der Waals surface area (Å²) < 4.78 is 12.3. The van der Waals surface area contributed by atoms with Gasteiger partial charge >= 0.3 is 9.28 Å². The molecule has 0 heterocycles. The molecule has 0 N–H and O–H groups in total. The van der Waals surface area contributed by atoms with Crippen molar-refractivity contribution in [3.05, 3.63) is 0 Å². The lowest BCUT2D eigenvalue weighted by atomic mass is 9.66. The van der Waals surface area contributed by atoms with Gasteiger partial charge in [0.05, 0.1) is 0 Å². The van der Waals surface area contributed by atoms with Crippen molar-refractivity contribution in [2.45, 2.75) is 71.3 Å². The third kappa shape index (κ3) is 2.85. The summed E-state index contributed by atoms with van der Waals surface area (Å²) in [5.41, 5.74) is 0.703. The first-order chi connectivity index (χ1) is 11.2. The maximum Gasteiger partial charge on any atom is 0.324 e. The summed E-state index contributed by atoms with van der Waals surface area (Å²) in [5.74, 6) is 7.23. The maximum absolute atomic E-state index is 6.15. The van der Waals surface area contributed by atoms with Crippen LogP contribution in [0.25, 0.3) is 0 Å². The van der Waals surface area contributed by atoms with Gasteiger partial charge in [-0.15, -0.1) is 0 Å². The van der Waals surface area contributed by atoms with Crippen LogP contribution in [0.5, 0.6) is 0 Å². The maximum atomic E-state index is 6.15. The quantitative estimate of drug-likeness (QED) is 0.624. The van der Waals surface area contributed by atoms with E-state index >= 15 is 0 Å². The Morgan fingerprint density at radius 2 is 1.57 bits per heavy atom. The second-order valence-electron chi connectivity index (χ2n) is 8.96. The smallest absolute Gasteiger partial charge is 0.324 e. The molecule has 4 rings (SSSR count). The average molecular weight is 337 g/mol. The second-order valence-corrected chi connectivity index (χ2v) is 11.4. The normalized spacial score (nSPS) is 46.2. The number of fused-ring (bicyclic) bond motifs is 4. The molecule has 0 radical (unpaired) electrons. The van der Waals surface area contributed by atoms with Gasteiger partial charge in [0.15, 0.2) is 0 Å². The zero-order valence-corrected chi connectivity index (χ0v) is 16.5. The molecule has 132 valence electrons. The number of hydrogen-bond donors (Lipinski definition) is 0. The topological polar surface area (TPSA) is 18.5 Å². The van der Waals surface area contributed by atoms with Crippen LogP contribution < -0.4 is 0 Å². The van der Waals surface area contributed by atoms with Crippen LogP contribution in [-0.2, 0) is 8.85 Å². The molecule has 4 aliphatic carbocycles. The molecule has 0 amide bonds. The Morgan fingerprint density at radius 3 is 2.17 bits per heavy atom. The van der Waals surface area contributed by atoms with Crippen LogP contribution in [0.4, 0.5) is 0 Å². The van der Waals surface area contributed by atoms with Crippen molar-refractivity contribution in [1.29, 1.82) is 0 Å². The molecule has 4 saturated carbocycles. The van der Waals surface area contributed by atoms with Crippen LogP contribution in [0.2, 0.25) is 5.54 Å². The second kappa shape index (κ2) is 6.80. The molecule has 23 heavy (non-hydrogen) atoms. The lowest BCUT2D eigenvalue weighted by molar-refractivity contribution is 0.0890. The van der Waals surface area contributed by atoms with E-state index in [2.05, 4.69) is 20.8 Å². The first-order valence-corrected chi connectivity index (χ1v) is 12.1. The Morgan fingerprint density at radius 1 is 0.870 bits per heavy atom. The van der Waals surface area contributed by atoms with Gasteiger partial charge in [-0.25, -0.2) is 0 Å². The van der Waals surface area contributed by atoms with Crippen molar-refractivity contribution in [2.75, 3.05) is 13.2 Å². The molecule has 0 saturated heterocycles. The van der Waals surface area contributed by atoms with Gasteiger partial charge in [-0.1, -0.05) is 13.3 Å². The number of rotatable bonds is 7. The molecule has 0 aliphatic heterocycles. The first kappa shape index (κ1) is 16.6. The van der Waals surface area contributed by atoms with Crippen molar-refractivity contribution in [3.8, 4) is 0 Å². The van der Waals surface area contributed by atoms with Crippen LogP contribution in [0.15, 0.2) is 0 Å². The van der Waals surface area contributed by atoms with Crippen LogP contribution in [-0.4, -0.2) is 22.5 Å². The summed E-state index contributed by atoms with van der Waals surface area (Å²) in [6.45, 7) is 8.44. The molecular weight excluding hydrogens is 300 g/mol. The molecule has 0 aromatic heterocycles. The molecule has 4 aliphatic rings. The van der Waals surface area contributed by atoms with Crippen molar-refractivity contribution in [2.24, 2.45) is 41.4 Å². The molecule has 0 aromatic carbocycles. The predicted molar refractivity (Wildman–Crippen MR) is 96.6 cm³/mol. The van der Waals surface area contributed by atoms with Gasteiger partial charge in [0.1, 0.15) is 0 Å². The zero-order valence-electron chi connectivity index (χ0n) is 15.4. The van der Waals surface area contributed by atoms with Crippen molar-refractivity contribution in [3.63, 3.8) is 0 Å². The SMILES string of the molecule is CCO[SiH](OCC)C(C)C1C2CCC(C2)C1C1CC2CCC1C2. The van der Waals surface area contributed by atoms with Crippen LogP contribution >= 0.6 is 0 Å². The molecular formula is C20H36O2Si. The van der Waals surface area contributed by atoms with Gasteiger partial charge in [0, 0.05) is 18.8 Å². The van der Waals surface area contributed by atoms with Gasteiger partial charge in [0.2, 0.25) is 0 Å². The van der Waals surface area contributed by atoms with Crippen molar-refractivity contribution >= 4 is 9.28 Å². The van der Waals surface area contributed by atoms with Gasteiger partial charge in [-0.05, 0) is 93.8 Å². The van der Waals surface area contributed by atoms with Gasteiger partial charge in [-0.3, -0.25) is 0 Å². The predicted octanol–water partition coefficient (Wildman–Crippen LogP) is 4.77. The Balaban J connectivity index is 1.52. The van der Waals surface area contributed by atoms with E-state index in [1.807, 2.05) is 0 Å². The molecule has 8 unspecified atom stereocenters. The minimum absolute atomic E-state index is 0.703. The van der Waals surface area contributed by atoms with Crippen molar-refractivity contribution in [1.82, 2.24) is 0 Å². The first-order valence-electron chi connectivity index (χ1n) is 10.5. The summed E-state index contributed by atoms with van der Waals surface area (Å²) >= 11 is 0. The Kier molecular flexibility index (Phi) is 4.91. The highest BCUT2D eigenvalue weighted by atomic mass is 28.3. The average Bonchev–Trinajstić information content (AvgIpc) is 3.32. The Bertz CT molecular complexity index is 408. The number of hydrogen-bond acceptors (Lipinski definition) is 2. The van der Waals surface area contributed by atoms with Crippen molar-refractivity contribution < 1.29 is 8.85 Å². The summed E-state index contributed by atoms with van der Waals surface area (Å²) in [4.78, 5) is 0. The van der Waals surface area contributed by atoms with Crippen LogP contribution in [0, 0.1) is 41.4 Å². The zero-order chi connectivity index (χ0) is 16.0. The summed E-state index contributed by atoms with van der Waals surface area (Å²) in [6, 6.07) is 0. The molecule has 3 heteroatoms. The fourth-order valence-corrected chi connectivity index (χ4v) is 9.72. The Hall–Kier alpha value is 0.137. The fraction of sp³-hybridized carbons (Fsp3) is 1.00. The highest BCUT2D eigenvalue weighted by Gasteiger charge is 2.57. The van der Waals surface area contributed by atoms with E-state index in [9.17, 15) is 0 Å². The van der Waals surface area contributed by atoms with Gasteiger partial charge in [0.25, 0.3) is 0 Å². The van der Waals surface area contributed by atoms with E-state index < -0.39 is 9.28 Å². The molecule has 4 bridgehead atoms. The summed E-state index contributed by atoms with van der Waals surface area (Å²) in [5, 5.41) is 0. The van der Waals surface area contributed by atoms with E-state index in [1.165, 1.54) is 25.7 Å². The highest BCUT2D eigenvalue weighted by molar-refractivity contribution is 6.46. The van der Waals surface area contributed by atoms with E-state index in [-0.39, 0.29) is 0 Å². The van der Waals surface area contributed by atoms with E-state index in [1.54, 1.807) is 19.3 Å². The lowest BCUT2D eigenvalue weighted by Crippen LogP contribution is -2.40. The standard InChI is InChI=1S/C20H36O2Si/c1-4-21-23(22-5-2)13(3)19-16-8-9-17(12-16)20(19)18-11-14-6-7-15(18)10-14/h13-20,23H,4-12H2,1-3H3. The van der Waals surface area contributed by atoms with E-state index in [4.69, 9.17) is 8.85 Å². The minimum atomic E-state index is -1.51. The largest absolute Gasteiger partial charge is 0.397 e. The molecule has 0 aromatic rings. The van der Waals surface area contributed by atoms with Gasteiger partial charge < -0.3 is 8.85 Å². The molecule has 4 fully saturated rings. The van der Waals surface area contributed by atoms with Crippen LogP contribution in [0.1, 0.15) is 65.7 Å². The molecule has 2 nitrogen and oxygen atoms in total. The third-order valence-corrected chi connectivity index (χ3v) is 10.7. The van der Waals surface area contributed by atoms with Crippen LogP contribution in [0.3, 0.4) is 0 Å². The fourth-order valence-electron chi connectivity index (χ4n) is 7.42. The Labute approximate surface area is 144 Å². The monoisotopic (exact) mass is 336 g/mol. The third-order valence-electron chi connectivity index (χ3n) is 8.03. The van der Waals surface area contributed by atoms with Gasteiger partial charge in [-0.2, -0.15) is 0 Å². The summed E-state index contributed by atoms with van der Waals surface area (Å²) in [7, 11) is -1.51. The minimum Gasteiger partial charge on any atom is -0.397 e. The molecule has 0 spiro atoms. The van der Waals surface area contributed by atoms with E-state index in [0.717, 1.165) is 54.6 Å². The highest BCUT2D eigenvalue weighted by Crippen LogP contribution is 2.64. The lowest BCUT2D eigenvalue weighted by Gasteiger charge is -2.43.